The summed E-state index contributed by atoms with van der Waals surface area (Å²) in [6.07, 6.45) is 0. The standard InChI is InChI=1S/C16H28N4.HI/c1-5-18-16(17-4)19-13-15(20(6-2)7-3)14-11-9-8-10-12-14;/h8-12,15H,5-7,13H2,1-4H3,(H2,17,18,19);1H. The Balaban J connectivity index is 0.00000400. The van der Waals surface area contributed by atoms with E-state index in [1.807, 2.05) is 0 Å². The Bertz CT molecular complexity index is 391. The molecule has 1 unspecified atom stereocenters. The molecule has 0 radical (unpaired) electrons. The first-order valence-corrected chi connectivity index (χ1v) is 7.50. The molecule has 2 N–H and O–H groups in total. The summed E-state index contributed by atoms with van der Waals surface area (Å²) in [5.41, 5.74) is 1.34. The lowest BCUT2D eigenvalue weighted by Crippen LogP contribution is -2.43. The van der Waals surface area contributed by atoms with Crippen LogP contribution in [0.15, 0.2) is 35.3 Å². The van der Waals surface area contributed by atoms with E-state index in [1.165, 1.54) is 5.56 Å². The summed E-state index contributed by atoms with van der Waals surface area (Å²) in [6, 6.07) is 11.0. The van der Waals surface area contributed by atoms with Crippen molar-refractivity contribution in [3.63, 3.8) is 0 Å². The summed E-state index contributed by atoms with van der Waals surface area (Å²) in [5, 5.41) is 6.65. The van der Waals surface area contributed by atoms with Crippen LogP contribution in [0, 0.1) is 0 Å². The highest BCUT2D eigenvalue weighted by Crippen LogP contribution is 2.19. The van der Waals surface area contributed by atoms with Crippen LogP contribution >= 0.6 is 24.0 Å². The van der Waals surface area contributed by atoms with Crippen LogP contribution in [0.4, 0.5) is 0 Å². The molecule has 5 heteroatoms. The van der Waals surface area contributed by atoms with Crippen LogP contribution in [-0.4, -0.2) is 44.1 Å². The van der Waals surface area contributed by atoms with Gasteiger partial charge in [0.2, 0.25) is 0 Å². The van der Waals surface area contributed by atoms with Gasteiger partial charge in [-0.25, -0.2) is 0 Å². The molecule has 1 atom stereocenters. The van der Waals surface area contributed by atoms with E-state index in [9.17, 15) is 0 Å². The van der Waals surface area contributed by atoms with Crippen molar-refractivity contribution in [2.45, 2.75) is 26.8 Å². The quantitative estimate of drug-likeness (QED) is 0.417. The first-order chi connectivity index (χ1) is 9.76. The van der Waals surface area contributed by atoms with Crippen LogP contribution in [0.2, 0.25) is 0 Å². The predicted octanol–water partition coefficient (Wildman–Crippen LogP) is 2.87. The molecular weight excluding hydrogens is 375 g/mol. The summed E-state index contributed by atoms with van der Waals surface area (Å²) in [6.45, 7) is 10.3. The zero-order valence-electron chi connectivity index (χ0n) is 13.6. The summed E-state index contributed by atoms with van der Waals surface area (Å²) < 4.78 is 0. The summed E-state index contributed by atoms with van der Waals surface area (Å²) >= 11 is 0. The fourth-order valence-corrected chi connectivity index (χ4v) is 2.38. The highest BCUT2D eigenvalue weighted by molar-refractivity contribution is 14.0. The van der Waals surface area contributed by atoms with Gasteiger partial charge < -0.3 is 10.6 Å². The molecule has 1 aromatic carbocycles. The van der Waals surface area contributed by atoms with Crippen LogP contribution in [0.25, 0.3) is 0 Å². The van der Waals surface area contributed by atoms with E-state index in [2.05, 4.69) is 71.6 Å². The molecular formula is C16H29IN4. The molecule has 0 amide bonds. The molecule has 21 heavy (non-hydrogen) atoms. The second-order valence-corrected chi connectivity index (χ2v) is 4.63. The number of aliphatic imine (C=N–C) groups is 1. The van der Waals surface area contributed by atoms with Gasteiger partial charge >= 0.3 is 0 Å². The van der Waals surface area contributed by atoms with Gasteiger partial charge in [-0.1, -0.05) is 44.2 Å². The number of nitrogens with one attached hydrogen (secondary N) is 2. The van der Waals surface area contributed by atoms with E-state index in [4.69, 9.17) is 0 Å². The van der Waals surface area contributed by atoms with Crippen molar-refractivity contribution in [1.82, 2.24) is 15.5 Å². The van der Waals surface area contributed by atoms with Gasteiger partial charge in [0.25, 0.3) is 0 Å². The van der Waals surface area contributed by atoms with E-state index in [0.29, 0.717) is 6.04 Å². The van der Waals surface area contributed by atoms with Gasteiger partial charge in [0.15, 0.2) is 5.96 Å². The highest BCUT2D eigenvalue weighted by Gasteiger charge is 2.17. The van der Waals surface area contributed by atoms with Crippen molar-refractivity contribution >= 4 is 29.9 Å². The van der Waals surface area contributed by atoms with Crippen LogP contribution in [0.5, 0.6) is 0 Å². The fourth-order valence-electron chi connectivity index (χ4n) is 2.38. The largest absolute Gasteiger partial charge is 0.357 e. The van der Waals surface area contributed by atoms with E-state index >= 15 is 0 Å². The molecule has 0 aromatic heterocycles. The first-order valence-electron chi connectivity index (χ1n) is 7.50. The average molecular weight is 404 g/mol. The van der Waals surface area contributed by atoms with E-state index in [-0.39, 0.29) is 24.0 Å². The van der Waals surface area contributed by atoms with Gasteiger partial charge in [-0.3, -0.25) is 9.89 Å². The minimum atomic E-state index is 0. The van der Waals surface area contributed by atoms with Gasteiger partial charge in [0.05, 0.1) is 6.04 Å². The molecule has 4 nitrogen and oxygen atoms in total. The van der Waals surface area contributed by atoms with Crippen molar-refractivity contribution in [2.24, 2.45) is 4.99 Å². The lowest BCUT2D eigenvalue weighted by Gasteiger charge is -2.30. The van der Waals surface area contributed by atoms with Crippen molar-refractivity contribution in [1.29, 1.82) is 0 Å². The molecule has 0 aliphatic heterocycles. The number of rotatable bonds is 7. The number of halogens is 1. The van der Waals surface area contributed by atoms with Crippen LogP contribution in [-0.2, 0) is 0 Å². The molecule has 0 fully saturated rings. The van der Waals surface area contributed by atoms with Gasteiger partial charge in [0.1, 0.15) is 0 Å². The number of benzene rings is 1. The minimum absolute atomic E-state index is 0. The third-order valence-corrected chi connectivity index (χ3v) is 3.47. The Hall–Kier alpha value is -0.820. The van der Waals surface area contributed by atoms with Gasteiger partial charge in [0, 0.05) is 20.1 Å². The second-order valence-electron chi connectivity index (χ2n) is 4.63. The molecule has 1 rings (SSSR count). The molecule has 1 aromatic rings. The number of likely N-dealkylation sites (N-methyl/N-ethyl adjacent to an activating group) is 1. The van der Waals surface area contributed by atoms with Gasteiger partial charge in [-0.15, -0.1) is 24.0 Å². The zero-order valence-corrected chi connectivity index (χ0v) is 15.9. The average Bonchev–Trinajstić information content (AvgIpc) is 2.51. The molecule has 0 saturated heterocycles. The highest BCUT2D eigenvalue weighted by atomic mass is 127. The molecule has 0 heterocycles. The predicted molar refractivity (Wildman–Crippen MR) is 103 cm³/mol. The Morgan fingerprint density at radius 1 is 1.10 bits per heavy atom. The third-order valence-electron chi connectivity index (χ3n) is 3.47. The summed E-state index contributed by atoms with van der Waals surface area (Å²) in [7, 11) is 1.81. The maximum atomic E-state index is 4.23. The maximum absolute atomic E-state index is 4.23. The summed E-state index contributed by atoms with van der Waals surface area (Å²) in [4.78, 5) is 6.69. The Labute approximate surface area is 146 Å². The van der Waals surface area contributed by atoms with Crippen LogP contribution in [0.3, 0.4) is 0 Å². The van der Waals surface area contributed by atoms with Crippen molar-refractivity contribution in [3.05, 3.63) is 35.9 Å². The van der Waals surface area contributed by atoms with Crippen LogP contribution in [0.1, 0.15) is 32.4 Å². The number of hydrogen-bond acceptors (Lipinski definition) is 2. The van der Waals surface area contributed by atoms with Gasteiger partial charge in [-0.05, 0) is 25.6 Å². The lowest BCUT2D eigenvalue weighted by atomic mass is 10.1. The molecule has 0 saturated carbocycles. The normalized spacial score (nSPS) is 12.7. The summed E-state index contributed by atoms with van der Waals surface area (Å²) in [5.74, 6) is 0.862. The molecule has 0 spiro atoms. The smallest absolute Gasteiger partial charge is 0.191 e. The Morgan fingerprint density at radius 2 is 1.71 bits per heavy atom. The number of guanidine groups is 1. The van der Waals surface area contributed by atoms with E-state index in [1.54, 1.807) is 7.05 Å². The SMILES string of the molecule is CCNC(=NC)NCC(c1ccccc1)N(CC)CC.I. The van der Waals surface area contributed by atoms with Crippen LogP contribution < -0.4 is 10.6 Å². The number of hydrogen-bond donors (Lipinski definition) is 2. The Morgan fingerprint density at radius 3 is 2.19 bits per heavy atom. The second kappa shape index (κ2) is 11.8. The van der Waals surface area contributed by atoms with Crippen molar-refractivity contribution in [2.75, 3.05) is 33.2 Å². The lowest BCUT2D eigenvalue weighted by molar-refractivity contribution is 0.219. The molecule has 0 aliphatic rings. The Kier molecular flexibility index (Phi) is 11.3. The zero-order chi connectivity index (χ0) is 14.8. The molecule has 0 aliphatic carbocycles. The topological polar surface area (TPSA) is 39.7 Å². The van der Waals surface area contributed by atoms with Gasteiger partial charge in [-0.2, -0.15) is 0 Å². The third kappa shape index (κ3) is 6.65. The van der Waals surface area contributed by atoms with E-state index < -0.39 is 0 Å². The maximum Gasteiger partial charge on any atom is 0.191 e. The molecule has 0 bridgehead atoms. The monoisotopic (exact) mass is 404 g/mol. The minimum Gasteiger partial charge on any atom is -0.357 e. The van der Waals surface area contributed by atoms with Crippen molar-refractivity contribution in [3.8, 4) is 0 Å². The molecule has 120 valence electrons. The van der Waals surface area contributed by atoms with Crippen molar-refractivity contribution < 1.29 is 0 Å². The number of nitrogens with zero attached hydrogens (tertiary/aromatic N) is 2. The fraction of sp³-hybridized carbons (Fsp3) is 0.562. The van der Waals surface area contributed by atoms with E-state index in [0.717, 1.165) is 32.1 Å². The first kappa shape index (κ1) is 20.2.